The maximum absolute atomic E-state index is 11.8. The first-order valence-electron chi connectivity index (χ1n) is 7.31. The topological polar surface area (TPSA) is 41.6 Å². The van der Waals surface area contributed by atoms with E-state index in [1.54, 1.807) is 0 Å². The zero-order valence-electron chi connectivity index (χ0n) is 13.1. The molecule has 0 radical (unpaired) electrons. The van der Waals surface area contributed by atoms with E-state index in [-0.39, 0.29) is 11.6 Å². The Labute approximate surface area is 116 Å². The van der Waals surface area contributed by atoms with Crippen LogP contribution in [0.2, 0.25) is 0 Å². The second-order valence-corrected chi connectivity index (χ2v) is 8.00. The largest absolute Gasteiger partial charge is 0.444 e. The molecule has 1 amide bonds. The van der Waals surface area contributed by atoms with Crippen molar-refractivity contribution in [2.45, 2.75) is 65.1 Å². The monoisotopic (exact) mass is 268 g/mol. The lowest BCUT2D eigenvalue weighted by Crippen LogP contribution is -2.67. The number of carbonyl (C=O) groups is 1. The average Bonchev–Trinajstić information content (AvgIpc) is 2.22. The van der Waals surface area contributed by atoms with Crippen LogP contribution in [0.5, 0.6) is 0 Å². The van der Waals surface area contributed by atoms with E-state index in [0.717, 1.165) is 13.1 Å². The van der Waals surface area contributed by atoms with Crippen LogP contribution >= 0.6 is 0 Å². The minimum absolute atomic E-state index is 0.230. The Bertz CT molecular complexity index is 342. The number of ether oxygens (including phenoxy) is 1. The summed E-state index contributed by atoms with van der Waals surface area (Å²) in [7, 11) is 0. The molecule has 0 unspecified atom stereocenters. The van der Waals surface area contributed by atoms with Crippen molar-refractivity contribution >= 4 is 6.09 Å². The van der Waals surface area contributed by atoms with Crippen molar-refractivity contribution in [1.29, 1.82) is 0 Å². The van der Waals surface area contributed by atoms with Crippen LogP contribution in [0.25, 0.3) is 0 Å². The third kappa shape index (κ3) is 3.41. The maximum Gasteiger partial charge on any atom is 0.407 e. The Kier molecular flexibility index (Phi) is 3.58. The Morgan fingerprint density at radius 1 is 1.11 bits per heavy atom. The zero-order valence-corrected chi connectivity index (χ0v) is 13.1. The molecule has 3 rings (SSSR count). The highest BCUT2D eigenvalue weighted by molar-refractivity contribution is 5.68. The number of hydrogen-bond acceptors (Lipinski definition) is 3. The lowest BCUT2D eigenvalue weighted by Gasteiger charge is -2.56. The van der Waals surface area contributed by atoms with Crippen molar-refractivity contribution in [3.05, 3.63) is 0 Å². The summed E-state index contributed by atoms with van der Waals surface area (Å²) in [4.78, 5) is 14.4. The van der Waals surface area contributed by atoms with Crippen molar-refractivity contribution in [1.82, 2.24) is 10.2 Å². The highest BCUT2D eigenvalue weighted by atomic mass is 16.6. The van der Waals surface area contributed by atoms with Crippen LogP contribution in [0, 0.1) is 11.8 Å². The molecule has 0 aromatic heterocycles. The number of rotatable bonds is 1. The molecular formula is C15H28N2O2. The SMILES string of the molecule is CC(C)(C)OC(=O)N[C@H]1[C@@H]2C[C@H]1CN(C(C)(C)C)C2. The molecule has 2 saturated heterocycles. The predicted octanol–water partition coefficient (Wildman–Crippen LogP) is 2.63. The van der Waals surface area contributed by atoms with Crippen LogP contribution in [-0.4, -0.2) is 41.3 Å². The van der Waals surface area contributed by atoms with Crippen molar-refractivity contribution < 1.29 is 9.53 Å². The van der Waals surface area contributed by atoms with E-state index < -0.39 is 5.60 Å². The van der Waals surface area contributed by atoms with Crippen LogP contribution in [-0.2, 0) is 4.74 Å². The van der Waals surface area contributed by atoms with E-state index in [1.807, 2.05) is 20.8 Å². The molecule has 3 atom stereocenters. The molecule has 4 heteroatoms. The smallest absolute Gasteiger partial charge is 0.407 e. The molecule has 19 heavy (non-hydrogen) atoms. The number of hydrogen-bond donors (Lipinski definition) is 1. The van der Waals surface area contributed by atoms with E-state index in [1.165, 1.54) is 6.42 Å². The lowest BCUT2D eigenvalue weighted by molar-refractivity contribution is -0.0551. The second-order valence-electron chi connectivity index (χ2n) is 8.00. The maximum atomic E-state index is 11.8. The molecule has 110 valence electrons. The minimum Gasteiger partial charge on any atom is -0.444 e. The highest BCUT2D eigenvalue weighted by Gasteiger charge is 2.49. The molecular weight excluding hydrogens is 240 g/mol. The average molecular weight is 268 g/mol. The van der Waals surface area contributed by atoms with Crippen molar-refractivity contribution in [2.24, 2.45) is 11.8 Å². The minimum atomic E-state index is -0.416. The fourth-order valence-corrected chi connectivity index (χ4v) is 3.12. The molecule has 1 saturated carbocycles. The number of alkyl carbamates (subject to hydrolysis) is 1. The summed E-state index contributed by atoms with van der Waals surface area (Å²) in [5, 5.41) is 3.06. The summed E-state index contributed by atoms with van der Waals surface area (Å²) in [5.74, 6) is 1.18. The Morgan fingerprint density at radius 2 is 1.63 bits per heavy atom. The number of fused-ring (bicyclic) bond motifs is 2. The van der Waals surface area contributed by atoms with Gasteiger partial charge in [-0.1, -0.05) is 0 Å². The predicted molar refractivity (Wildman–Crippen MR) is 76.1 cm³/mol. The first-order chi connectivity index (χ1) is 8.56. The Hall–Kier alpha value is -0.770. The summed E-state index contributed by atoms with van der Waals surface area (Å²) in [6.07, 6.45) is 0.976. The van der Waals surface area contributed by atoms with Gasteiger partial charge in [-0.25, -0.2) is 4.79 Å². The molecule has 2 bridgehead atoms. The van der Waals surface area contributed by atoms with Gasteiger partial charge in [0, 0.05) is 24.7 Å². The van der Waals surface area contributed by atoms with Crippen LogP contribution in [0.1, 0.15) is 48.0 Å². The lowest BCUT2D eigenvalue weighted by atomic mass is 9.65. The van der Waals surface area contributed by atoms with Gasteiger partial charge in [0.1, 0.15) is 5.60 Å². The Morgan fingerprint density at radius 3 is 2.05 bits per heavy atom. The van der Waals surface area contributed by atoms with Gasteiger partial charge in [-0.2, -0.15) is 0 Å². The summed E-state index contributed by atoms with van der Waals surface area (Å²) in [6, 6.07) is 0.313. The molecule has 0 aromatic carbocycles. The number of amides is 1. The van der Waals surface area contributed by atoms with Gasteiger partial charge in [0.15, 0.2) is 0 Å². The van der Waals surface area contributed by atoms with Crippen molar-refractivity contribution in [3.8, 4) is 0 Å². The third-order valence-corrected chi connectivity index (χ3v) is 4.16. The number of nitrogens with one attached hydrogen (secondary N) is 1. The molecule has 4 nitrogen and oxygen atoms in total. The zero-order chi connectivity index (χ0) is 14.4. The van der Waals surface area contributed by atoms with E-state index in [4.69, 9.17) is 4.74 Å². The van der Waals surface area contributed by atoms with Gasteiger partial charge < -0.3 is 10.1 Å². The van der Waals surface area contributed by atoms with Gasteiger partial charge in [0.2, 0.25) is 0 Å². The summed E-state index contributed by atoms with van der Waals surface area (Å²) < 4.78 is 5.34. The van der Waals surface area contributed by atoms with Crippen LogP contribution < -0.4 is 5.32 Å². The van der Waals surface area contributed by atoms with E-state index in [0.29, 0.717) is 17.9 Å². The quantitative estimate of drug-likeness (QED) is 0.795. The van der Waals surface area contributed by atoms with Crippen LogP contribution in [0.15, 0.2) is 0 Å². The molecule has 0 aromatic rings. The van der Waals surface area contributed by atoms with Crippen LogP contribution in [0.4, 0.5) is 4.79 Å². The van der Waals surface area contributed by atoms with Gasteiger partial charge >= 0.3 is 6.09 Å². The molecule has 3 aliphatic rings. The fraction of sp³-hybridized carbons (Fsp3) is 0.933. The van der Waals surface area contributed by atoms with Gasteiger partial charge in [0.05, 0.1) is 0 Å². The van der Waals surface area contributed by atoms with Crippen LogP contribution in [0.3, 0.4) is 0 Å². The number of nitrogens with zero attached hydrogens (tertiary/aromatic N) is 1. The first-order valence-corrected chi connectivity index (χ1v) is 7.31. The van der Waals surface area contributed by atoms with Gasteiger partial charge in [-0.05, 0) is 59.8 Å². The normalized spacial score (nSPS) is 31.6. The third-order valence-electron chi connectivity index (χ3n) is 4.16. The van der Waals surface area contributed by atoms with Gasteiger partial charge in [-0.15, -0.1) is 0 Å². The fourth-order valence-electron chi connectivity index (χ4n) is 3.12. The van der Waals surface area contributed by atoms with Gasteiger partial charge in [0.25, 0.3) is 0 Å². The second kappa shape index (κ2) is 4.65. The molecule has 1 N–H and O–H groups in total. The van der Waals surface area contributed by atoms with Crippen molar-refractivity contribution in [2.75, 3.05) is 13.1 Å². The summed E-state index contributed by atoms with van der Waals surface area (Å²) >= 11 is 0. The number of carbonyl (C=O) groups excluding carboxylic acids is 1. The summed E-state index contributed by atoms with van der Waals surface area (Å²) in [5.41, 5.74) is -0.186. The summed E-state index contributed by atoms with van der Waals surface area (Å²) in [6.45, 7) is 14.6. The first kappa shape index (κ1) is 14.6. The molecule has 0 spiro atoms. The molecule has 1 aliphatic carbocycles. The van der Waals surface area contributed by atoms with E-state index in [9.17, 15) is 4.79 Å². The number of piperidine rings is 2. The highest BCUT2D eigenvalue weighted by Crippen LogP contribution is 2.42. The van der Waals surface area contributed by atoms with Crippen molar-refractivity contribution in [3.63, 3.8) is 0 Å². The molecule has 2 aliphatic heterocycles. The Balaban J connectivity index is 1.85. The van der Waals surface area contributed by atoms with Gasteiger partial charge in [-0.3, -0.25) is 4.90 Å². The molecule has 2 heterocycles. The van der Waals surface area contributed by atoms with E-state index >= 15 is 0 Å². The molecule has 3 fully saturated rings. The van der Waals surface area contributed by atoms with E-state index in [2.05, 4.69) is 31.0 Å². The standard InChI is InChI=1S/C15H28N2O2/c1-14(2,3)17-8-10-7-11(9-17)12(10)16-13(18)19-15(4,5)6/h10-12H,7-9H2,1-6H3,(H,16,18)/t10-,11+,12+.